The fraction of sp³-hybridized carbons (Fsp3) is 0.719. The van der Waals surface area contributed by atoms with Gasteiger partial charge in [-0.15, -0.1) is 0 Å². The molecule has 38 heavy (non-hydrogen) atoms. The number of carbonyl (C=O) groups excluding carboxylic acids is 1. The molecular formula is C32H44N4O2. The van der Waals surface area contributed by atoms with Crippen molar-refractivity contribution in [1.29, 1.82) is 0 Å². The lowest BCUT2D eigenvalue weighted by Gasteiger charge is -2.56. The Bertz CT molecular complexity index is 1240. The third-order valence-corrected chi connectivity index (χ3v) is 11.1. The first kappa shape index (κ1) is 24.8. The van der Waals surface area contributed by atoms with Gasteiger partial charge in [0.15, 0.2) is 11.6 Å². The first-order valence-electron chi connectivity index (χ1n) is 15.6. The van der Waals surface area contributed by atoms with Gasteiger partial charge in [0.1, 0.15) is 0 Å². The van der Waals surface area contributed by atoms with Gasteiger partial charge in [-0.2, -0.15) is 0 Å². The van der Waals surface area contributed by atoms with E-state index in [1.807, 2.05) is 23.1 Å². The maximum Gasteiger partial charge on any atom is 0.294 e. The molecule has 0 N–H and O–H groups in total. The molecule has 204 valence electrons. The topological polar surface area (TPSA) is 58.4 Å². The van der Waals surface area contributed by atoms with Crippen molar-refractivity contribution in [2.75, 3.05) is 11.4 Å². The molecule has 1 aromatic carbocycles. The fourth-order valence-corrected chi connectivity index (χ4v) is 9.48. The first-order valence-corrected chi connectivity index (χ1v) is 15.6. The van der Waals surface area contributed by atoms with E-state index in [2.05, 4.69) is 22.5 Å². The summed E-state index contributed by atoms with van der Waals surface area (Å²) in [5.74, 6) is 3.42. The molecule has 5 fully saturated rings. The molecule has 2 aromatic rings. The number of aromatic nitrogens is 2. The van der Waals surface area contributed by atoms with Crippen molar-refractivity contribution in [3.8, 4) is 0 Å². The normalized spacial score (nSPS) is 37.2. The van der Waals surface area contributed by atoms with Gasteiger partial charge in [-0.05, 0) is 101 Å². The van der Waals surface area contributed by atoms with Crippen LogP contribution in [0.3, 0.4) is 0 Å². The second-order valence-corrected chi connectivity index (χ2v) is 13.4. The fourth-order valence-electron chi connectivity index (χ4n) is 9.48. The molecule has 0 amide bonds. The number of fused-ring (bicyclic) bond motifs is 5. The summed E-state index contributed by atoms with van der Waals surface area (Å²) in [6, 6.07) is 10.0. The minimum Gasteiger partial charge on any atom is -0.342 e. The quantitative estimate of drug-likeness (QED) is 0.508. The maximum atomic E-state index is 14.1. The third kappa shape index (κ3) is 4.13. The van der Waals surface area contributed by atoms with Gasteiger partial charge in [0.2, 0.25) is 0 Å². The second kappa shape index (κ2) is 9.76. The Morgan fingerprint density at radius 1 is 0.895 bits per heavy atom. The molecule has 0 radical (unpaired) electrons. The lowest BCUT2D eigenvalue weighted by Crippen LogP contribution is -2.59. The number of ketones is 1. The van der Waals surface area contributed by atoms with Crippen LogP contribution in [-0.2, 0) is 4.79 Å². The van der Waals surface area contributed by atoms with E-state index in [-0.39, 0.29) is 23.4 Å². The number of anilines is 1. The van der Waals surface area contributed by atoms with Crippen LogP contribution in [0.25, 0.3) is 11.0 Å². The summed E-state index contributed by atoms with van der Waals surface area (Å²) in [4.78, 5) is 36.1. The number of Topliss-reactive ketones (excluding diaryl/α,β-unsaturated/α-hetero) is 1. The van der Waals surface area contributed by atoms with Gasteiger partial charge >= 0.3 is 0 Å². The van der Waals surface area contributed by atoms with Gasteiger partial charge in [-0.25, -0.2) is 4.98 Å². The molecular weight excluding hydrogens is 472 g/mol. The molecule has 2 aliphatic carbocycles. The highest BCUT2D eigenvalue weighted by Gasteiger charge is 2.46. The third-order valence-electron chi connectivity index (χ3n) is 11.1. The molecule has 8 atom stereocenters. The zero-order valence-electron chi connectivity index (χ0n) is 23.2. The zero-order valence-corrected chi connectivity index (χ0v) is 23.2. The van der Waals surface area contributed by atoms with E-state index in [0.29, 0.717) is 17.9 Å². The Morgan fingerprint density at radius 3 is 2.24 bits per heavy atom. The lowest BCUT2D eigenvalue weighted by molar-refractivity contribution is -0.119. The largest absolute Gasteiger partial charge is 0.342 e. The highest BCUT2D eigenvalue weighted by Crippen LogP contribution is 2.49. The zero-order chi connectivity index (χ0) is 26.0. The van der Waals surface area contributed by atoms with Gasteiger partial charge in [-0.3, -0.25) is 14.5 Å². The average molecular weight is 517 g/mol. The molecule has 1 aromatic heterocycles. The molecule has 3 unspecified atom stereocenters. The number of piperidine rings is 2. The minimum absolute atomic E-state index is 0.00368. The van der Waals surface area contributed by atoms with Crippen LogP contribution >= 0.6 is 0 Å². The number of nitrogens with zero attached hydrogens (tertiary/aromatic N) is 4. The van der Waals surface area contributed by atoms with E-state index in [1.54, 1.807) is 6.92 Å². The van der Waals surface area contributed by atoms with Crippen molar-refractivity contribution in [2.24, 2.45) is 17.8 Å². The Labute approximate surface area is 226 Å². The Morgan fingerprint density at radius 2 is 1.61 bits per heavy atom. The van der Waals surface area contributed by atoms with Crippen molar-refractivity contribution in [1.82, 2.24) is 14.5 Å². The van der Waals surface area contributed by atoms with Crippen molar-refractivity contribution in [3.63, 3.8) is 0 Å². The summed E-state index contributed by atoms with van der Waals surface area (Å²) in [5.41, 5.74) is 1.83. The Hall–Kier alpha value is -2.21. The van der Waals surface area contributed by atoms with Crippen LogP contribution in [0, 0.1) is 17.8 Å². The number of para-hydroxylation sites is 2. The Kier molecular flexibility index (Phi) is 6.37. The summed E-state index contributed by atoms with van der Waals surface area (Å²) in [6.07, 6.45) is 15.3. The molecule has 5 aliphatic rings. The summed E-state index contributed by atoms with van der Waals surface area (Å²) in [7, 11) is 0. The van der Waals surface area contributed by atoms with Crippen LogP contribution in [0.5, 0.6) is 0 Å². The van der Waals surface area contributed by atoms with Crippen molar-refractivity contribution >= 4 is 22.6 Å². The Balaban J connectivity index is 1.20. The molecule has 3 saturated heterocycles. The molecule has 7 rings (SSSR count). The number of benzene rings is 1. The van der Waals surface area contributed by atoms with Gasteiger partial charge in [0.05, 0.1) is 17.1 Å². The van der Waals surface area contributed by atoms with E-state index >= 15 is 0 Å². The van der Waals surface area contributed by atoms with E-state index in [0.717, 1.165) is 60.6 Å². The highest BCUT2D eigenvalue weighted by molar-refractivity contribution is 5.87. The molecule has 4 bridgehead atoms. The number of carbonyl (C=O) groups is 1. The van der Waals surface area contributed by atoms with Crippen molar-refractivity contribution in [3.05, 3.63) is 34.6 Å². The van der Waals surface area contributed by atoms with Crippen LogP contribution < -0.4 is 10.5 Å². The number of hydrogen-bond donors (Lipinski definition) is 0. The molecule has 0 spiro atoms. The molecule has 2 saturated carbocycles. The number of hydrogen-bond acceptors (Lipinski definition) is 5. The van der Waals surface area contributed by atoms with Crippen LogP contribution in [0.15, 0.2) is 29.1 Å². The van der Waals surface area contributed by atoms with E-state index in [1.165, 1.54) is 57.8 Å². The van der Waals surface area contributed by atoms with Crippen molar-refractivity contribution < 1.29 is 4.79 Å². The summed E-state index contributed by atoms with van der Waals surface area (Å²) >= 11 is 0. The lowest BCUT2D eigenvalue weighted by atomic mass is 9.64. The van der Waals surface area contributed by atoms with Gasteiger partial charge in [-0.1, -0.05) is 31.9 Å². The predicted molar refractivity (Wildman–Crippen MR) is 152 cm³/mol. The van der Waals surface area contributed by atoms with Crippen LogP contribution in [-0.4, -0.2) is 50.9 Å². The van der Waals surface area contributed by atoms with Crippen LogP contribution in [0.1, 0.15) is 96.9 Å². The predicted octanol–water partition coefficient (Wildman–Crippen LogP) is 5.73. The molecule has 6 nitrogen and oxygen atoms in total. The first-order chi connectivity index (χ1) is 18.5. The average Bonchev–Trinajstić information content (AvgIpc) is 2.87. The minimum atomic E-state index is -0.205. The van der Waals surface area contributed by atoms with Gasteiger partial charge in [0, 0.05) is 30.7 Å². The van der Waals surface area contributed by atoms with E-state index in [4.69, 9.17) is 4.98 Å². The number of rotatable bonds is 5. The standard InChI is InChI=1S/C32H44N4O2/c1-3-21-13-22-15-23(14-21)17-26(16-22)35-24-7-6-8-25(35)19-27(18-24)36-30-10-5-4-9-28(30)33-31(32(36)38)34-12-11-29(34)20(2)37/h4-5,9-10,21-27,29H,3,6-8,11-19H2,1-2H3/t21?,22-,23+,24-,25+,26?,27?,29-/m0/s1. The molecule has 4 heterocycles. The molecule has 3 aliphatic heterocycles. The molecule has 6 heteroatoms. The summed E-state index contributed by atoms with van der Waals surface area (Å²) in [6.45, 7) is 4.75. The summed E-state index contributed by atoms with van der Waals surface area (Å²) < 4.78 is 2.09. The van der Waals surface area contributed by atoms with E-state index < -0.39 is 0 Å². The van der Waals surface area contributed by atoms with Crippen LogP contribution in [0.2, 0.25) is 0 Å². The van der Waals surface area contributed by atoms with E-state index in [9.17, 15) is 9.59 Å². The van der Waals surface area contributed by atoms with Crippen molar-refractivity contribution in [2.45, 2.75) is 121 Å². The smallest absolute Gasteiger partial charge is 0.294 e. The van der Waals surface area contributed by atoms with Crippen LogP contribution in [0.4, 0.5) is 5.82 Å². The second-order valence-electron chi connectivity index (χ2n) is 13.4. The van der Waals surface area contributed by atoms with Gasteiger partial charge < -0.3 is 9.47 Å². The maximum absolute atomic E-state index is 14.1. The van der Waals surface area contributed by atoms with Gasteiger partial charge in [0.25, 0.3) is 5.56 Å². The monoisotopic (exact) mass is 516 g/mol. The summed E-state index contributed by atoms with van der Waals surface area (Å²) in [5, 5.41) is 0. The SMILES string of the molecule is CCC1C[C@@H]2CC(N3[C@@H]4CCC[C@H]3CC(n3c(=O)c(N5CC[C@H]5C(C)=O)nc5ccccc53)C4)C[C@H](C1)C2. The highest BCUT2D eigenvalue weighted by atomic mass is 16.1.